The molecule has 98 valence electrons. The Morgan fingerprint density at radius 1 is 1.44 bits per heavy atom. The van der Waals surface area contributed by atoms with Crippen molar-refractivity contribution in [3.63, 3.8) is 0 Å². The Hall–Kier alpha value is -2.25. The van der Waals surface area contributed by atoms with Gasteiger partial charge in [-0.25, -0.2) is 9.78 Å². The number of amides is 2. The van der Waals surface area contributed by atoms with E-state index in [1.54, 1.807) is 0 Å². The minimum absolute atomic E-state index is 0.0279. The van der Waals surface area contributed by atoms with Crippen molar-refractivity contribution >= 4 is 17.9 Å². The number of urea groups is 1. The smallest absolute Gasteiger partial charge is 0.321 e. The predicted octanol–water partition coefficient (Wildman–Crippen LogP) is 0.494. The van der Waals surface area contributed by atoms with Crippen LogP contribution in [0.3, 0.4) is 0 Å². The molecule has 1 aromatic heterocycles. The first-order valence-corrected chi connectivity index (χ1v) is 5.52. The number of carboxylic acid groups (broad SMARTS) is 1. The summed E-state index contributed by atoms with van der Waals surface area (Å²) in [4.78, 5) is 25.8. The van der Waals surface area contributed by atoms with Crippen molar-refractivity contribution in [1.29, 1.82) is 0 Å². The topological polar surface area (TPSA) is 117 Å². The molecule has 0 fully saturated rings. The maximum Gasteiger partial charge on any atom is 0.321 e. The lowest BCUT2D eigenvalue weighted by Crippen LogP contribution is -2.34. The summed E-state index contributed by atoms with van der Waals surface area (Å²) in [5.74, 6) is -0.871. The third-order valence-corrected chi connectivity index (χ3v) is 2.30. The number of nitrogens with one attached hydrogen (secondary N) is 2. The van der Waals surface area contributed by atoms with E-state index in [-0.39, 0.29) is 24.8 Å². The number of rotatable bonds is 6. The van der Waals surface area contributed by atoms with Crippen LogP contribution in [0, 0.1) is 5.92 Å². The van der Waals surface area contributed by atoms with Gasteiger partial charge in [0.05, 0.1) is 12.4 Å². The van der Waals surface area contributed by atoms with Crippen LogP contribution in [0.15, 0.2) is 12.4 Å². The molecule has 0 spiro atoms. The monoisotopic (exact) mass is 253 g/mol. The number of nitrogens with zero attached hydrogens (tertiary/aromatic N) is 3. The van der Waals surface area contributed by atoms with Crippen LogP contribution in [0.2, 0.25) is 0 Å². The summed E-state index contributed by atoms with van der Waals surface area (Å²) in [5.41, 5.74) is 0. The number of hydrogen-bond donors (Lipinski definition) is 3. The van der Waals surface area contributed by atoms with Gasteiger partial charge >= 0.3 is 12.0 Å². The normalized spacial score (nSPS) is 11.6. The summed E-state index contributed by atoms with van der Waals surface area (Å²) in [6.07, 6.45) is 3.50. The molecule has 3 N–H and O–H groups in total. The van der Waals surface area contributed by atoms with Crippen LogP contribution in [0.25, 0.3) is 0 Å². The molecule has 0 aliphatic carbocycles. The van der Waals surface area contributed by atoms with Crippen molar-refractivity contribution in [1.82, 2.24) is 20.5 Å². The van der Waals surface area contributed by atoms with E-state index in [0.717, 1.165) is 0 Å². The first-order valence-electron chi connectivity index (χ1n) is 5.52. The van der Waals surface area contributed by atoms with E-state index in [1.165, 1.54) is 12.4 Å². The molecular formula is C10H15N5O3. The van der Waals surface area contributed by atoms with Gasteiger partial charge in [0.2, 0.25) is 0 Å². The first kappa shape index (κ1) is 13.8. The second kappa shape index (κ2) is 7.15. The Bertz CT molecular complexity index is 398. The average Bonchev–Trinajstić information content (AvgIpc) is 2.35. The van der Waals surface area contributed by atoms with Crippen molar-refractivity contribution in [3.8, 4) is 0 Å². The maximum atomic E-state index is 11.4. The molecule has 0 saturated heterocycles. The maximum absolute atomic E-state index is 11.4. The van der Waals surface area contributed by atoms with Crippen molar-refractivity contribution in [3.05, 3.63) is 12.4 Å². The van der Waals surface area contributed by atoms with Gasteiger partial charge in [-0.1, -0.05) is 13.3 Å². The van der Waals surface area contributed by atoms with Gasteiger partial charge in [-0.05, 0) is 5.92 Å². The second-order valence-corrected chi connectivity index (χ2v) is 3.67. The molecule has 0 aliphatic heterocycles. The van der Waals surface area contributed by atoms with E-state index in [2.05, 4.69) is 25.8 Å². The van der Waals surface area contributed by atoms with Crippen molar-refractivity contribution in [2.24, 2.45) is 5.92 Å². The van der Waals surface area contributed by atoms with E-state index >= 15 is 0 Å². The van der Waals surface area contributed by atoms with E-state index in [1.807, 2.05) is 6.92 Å². The van der Waals surface area contributed by atoms with Gasteiger partial charge in [0.15, 0.2) is 0 Å². The lowest BCUT2D eigenvalue weighted by molar-refractivity contribution is -0.138. The highest BCUT2D eigenvalue weighted by Gasteiger charge is 2.12. The van der Waals surface area contributed by atoms with Gasteiger partial charge in [-0.3, -0.25) is 10.1 Å². The van der Waals surface area contributed by atoms with E-state index in [9.17, 15) is 9.59 Å². The molecule has 0 bridgehead atoms. The minimum Gasteiger partial charge on any atom is -0.481 e. The zero-order valence-electron chi connectivity index (χ0n) is 9.96. The molecular weight excluding hydrogens is 238 g/mol. The first-order chi connectivity index (χ1) is 8.61. The third kappa shape index (κ3) is 5.19. The summed E-state index contributed by atoms with van der Waals surface area (Å²) in [7, 11) is 0. The van der Waals surface area contributed by atoms with E-state index < -0.39 is 12.0 Å². The van der Waals surface area contributed by atoms with Crippen LogP contribution < -0.4 is 10.6 Å². The SMILES string of the molecule is CCC(CNC(=O)Nc1nccnn1)CC(=O)O. The summed E-state index contributed by atoms with van der Waals surface area (Å²) in [6, 6.07) is -0.480. The Morgan fingerprint density at radius 2 is 2.22 bits per heavy atom. The fourth-order valence-corrected chi connectivity index (χ4v) is 1.30. The third-order valence-electron chi connectivity index (χ3n) is 2.30. The van der Waals surface area contributed by atoms with Crippen molar-refractivity contribution in [2.45, 2.75) is 19.8 Å². The fraction of sp³-hybridized carbons (Fsp3) is 0.500. The molecule has 2 amide bonds. The van der Waals surface area contributed by atoms with Crippen LogP contribution >= 0.6 is 0 Å². The van der Waals surface area contributed by atoms with Crippen molar-refractivity contribution in [2.75, 3.05) is 11.9 Å². The molecule has 0 radical (unpaired) electrons. The van der Waals surface area contributed by atoms with Gasteiger partial charge < -0.3 is 10.4 Å². The zero-order valence-corrected chi connectivity index (χ0v) is 9.96. The summed E-state index contributed by atoms with van der Waals surface area (Å²) >= 11 is 0. The Morgan fingerprint density at radius 3 is 2.78 bits per heavy atom. The summed E-state index contributed by atoms with van der Waals surface area (Å²) in [5, 5.41) is 20.8. The number of carboxylic acids is 1. The Kier molecular flexibility index (Phi) is 5.49. The molecule has 1 aromatic rings. The van der Waals surface area contributed by atoms with Gasteiger partial charge in [0.25, 0.3) is 5.95 Å². The summed E-state index contributed by atoms with van der Waals surface area (Å²) in [6.45, 7) is 2.16. The molecule has 0 aromatic carbocycles. The lowest BCUT2D eigenvalue weighted by atomic mass is 10.0. The molecule has 1 unspecified atom stereocenters. The number of anilines is 1. The van der Waals surface area contributed by atoms with Crippen LogP contribution in [0.1, 0.15) is 19.8 Å². The number of hydrogen-bond acceptors (Lipinski definition) is 5. The molecule has 1 atom stereocenters. The average molecular weight is 253 g/mol. The molecule has 8 heteroatoms. The Balaban J connectivity index is 2.34. The highest BCUT2D eigenvalue weighted by Crippen LogP contribution is 2.06. The standard InChI is InChI=1S/C10H15N5O3/c1-2-7(5-8(16)17)6-12-10(18)14-9-11-3-4-13-15-9/h3-4,7H,2,5-6H2,1H3,(H,16,17)(H2,11,12,14,15,18). The van der Waals surface area contributed by atoms with Crippen LogP contribution in [-0.2, 0) is 4.79 Å². The van der Waals surface area contributed by atoms with E-state index in [4.69, 9.17) is 5.11 Å². The quantitative estimate of drug-likeness (QED) is 0.679. The second-order valence-electron chi connectivity index (χ2n) is 3.67. The van der Waals surface area contributed by atoms with Gasteiger partial charge in [-0.15, -0.1) is 5.10 Å². The summed E-state index contributed by atoms with van der Waals surface area (Å²) < 4.78 is 0. The van der Waals surface area contributed by atoms with Gasteiger partial charge in [0.1, 0.15) is 0 Å². The van der Waals surface area contributed by atoms with Crippen LogP contribution in [0.4, 0.5) is 10.7 Å². The predicted molar refractivity (Wildman–Crippen MR) is 62.9 cm³/mol. The highest BCUT2D eigenvalue weighted by atomic mass is 16.4. The Labute approximate surface area is 104 Å². The largest absolute Gasteiger partial charge is 0.481 e. The van der Waals surface area contributed by atoms with Gasteiger partial charge in [0, 0.05) is 13.0 Å². The molecule has 1 heterocycles. The van der Waals surface area contributed by atoms with Crippen LogP contribution in [-0.4, -0.2) is 38.8 Å². The zero-order chi connectivity index (χ0) is 13.4. The minimum atomic E-state index is -0.875. The highest BCUT2D eigenvalue weighted by molar-refractivity contribution is 5.87. The van der Waals surface area contributed by atoms with Crippen molar-refractivity contribution < 1.29 is 14.7 Å². The molecule has 1 rings (SSSR count). The number of carbonyl (C=O) groups excluding carboxylic acids is 1. The molecule has 8 nitrogen and oxygen atoms in total. The van der Waals surface area contributed by atoms with Crippen LogP contribution in [0.5, 0.6) is 0 Å². The molecule has 0 aliphatic rings. The molecule has 18 heavy (non-hydrogen) atoms. The lowest BCUT2D eigenvalue weighted by Gasteiger charge is -2.13. The number of carbonyl (C=O) groups is 2. The molecule has 0 saturated carbocycles. The fourth-order valence-electron chi connectivity index (χ4n) is 1.30. The van der Waals surface area contributed by atoms with Gasteiger partial charge in [-0.2, -0.15) is 5.10 Å². The van der Waals surface area contributed by atoms with E-state index in [0.29, 0.717) is 6.42 Å². The number of aliphatic carboxylic acids is 1. The number of aromatic nitrogens is 3.